The van der Waals surface area contributed by atoms with Gasteiger partial charge >= 0.3 is 0 Å². The fraction of sp³-hybridized carbons (Fsp3) is 0.286. The Hall–Kier alpha value is -1.45. The maximum atomic E-state index is 6.04. The molecule has 2 aliphatic rings. The van der Waals surface area contributed by atoms with Gasteiger partial charge in [0.2, 0.25) is 0 Å². The van der Waals surface area contributed by atoms with Crippen LogP contribution in [0.2, 0.25) is 0 Å². The Morgan fingerprint density at radius 3 is 2.83 bits per heavy atom. The number of benzene rings is 1. The van der Waals surface area contributed by atoms with Crippen molar-refractivity contribution in [2.45, 2.75) is 6.54 Å². The van der Waals surface area contributed by atoms with E-state index in [2.05, 4.69) is 51.8 Å². The molecule has 0 saturated heterocycles. The van der Waals surface area contributed by atoms with Crippen LogP contribution in [-0.2, 0) is 6.54 Å². The van der Waals surface area contributed by atoms with E-state index in [0.29, 0.717) is 6.00 Å². The minimum absolute atomic E-state index is 0.509. The summed E-state index contributed by atoms with van der Waals surface area (Å²) < 4.78 is 0. The highest BCUT2D eigenvalue weighted by atomic mass is 35.5. The summed E-state index contributed by atoms with van der Waals surface area (Å²) in [5, 5.41) is 7.83. The van der Waals surface area contributed by atoms with Crippen LogP contribution in [0.1, 0.15) is 5.56 Å². The Labute approximate surface area is 112 Å². The van der Waals surface area contributed by atoms with Crippen molar-refractivity contribution in [2.24, 2.45) is 0 Å². The smallest absolute Gasteiger partial charge is 0.121 e. The Balaban J connectivity index is 1.84. The van der Waals surface area contributed by atoms with Gasteiger partial charge in [0.15, 0.2) is 0 Å². The molecular formula is C14H16ClN3. The number of halogens is 1. The van der Waals surface area contributed by atoms with Gasteiger partial charge in [0.25, 0.3) is 0 Å². The molecule has 0 unspecified atom stereocenters. The molecule has 18 heavy (non-hydrogen) atoms. The van der Waals surface area contributed by atoms with Gasteiger partial charge in [-0.15, -0.1) is 11.6 Å². The second-order valence-corrected chi connectivity index (χ2v) is 4.72. The number of hydrogen-bond acceptors (Lipinski definition) is 3. The number of rotatable bonds is 3. The van der Waals surface area contributed by atoms with Crippen molar-refractivity contribution in [3.05, 3.63) is 59.4 Å². The average molecular weight is 262 g/mol. The zero-order chi connectivity index (χ0) is 12.4. The van der Waals surface area contributed by atoms with Crippen LogP contribution in [0.25, 0.3) is 0 Å². The Kier molecular flexibility index (Phi) is 3.26. The van der Waals surface area contributed by atoms with E-state index in [1.165, 1.54) is 17.0 Å². The van der Waals surface area contributed by atoms with Crippen molar-refractivity contribution >= 4 is 11.6 Å². The lowest BCUT2D eigenvalue weighted by atomic mass is 10.2. The highest BCUT2D eigenvalue weighted by Gasteiger charge is 2.29. The molecule has 0 spiro atoms. The van der Waals surface area contributed by atoms with Crippen molar-refractivity contribution in [1.29, 1.82) is 0 Å². The standard InChI is InChI=1S/C14H16ClN3/c15-11-17-10-13-7-4-8-16-14(13)18(17)9-12-5-2-1-3-6-12/h1-7,16H,8-11H2. The third-order valence-electron chi connectivity index (χ3n) is 3.28. The predicted molar refractivity (Wildman–Crippen MR) is 73.6 cm³/mol. The molecule has 0 amide bonds. The molecule has 0 aromatic heterocycles. The second-order valence-electron chi connectivity index (χ2n) is 4.48. The van der Waals surface area contributed by atoms with Crippen molar-refractivity contribution < 1.29 is 0 Å². The normalized spacial score (nSPS) is 19.1. The van der Waals surface area contributed by atoms with Gasteiger partial charge in [0.05, 0.1) is 12.5 Å². The number of alkyl halides is 1. The van der Waals surface area contributed by atoms with Crippen LogP contribution < -0.4 is 5.32 Å². The van der Waals surface area contributed by atoms with Gasteiger partial charge in [0.1, 0.15) is 5.82 Å². The summed E-state index contributed by atoms with van der Waals surface area (Å²) >= 11 is 6.04. The van der Waals surface area contributed by atoms with Gasteiger partial charge in [-0.05, 0) is 5.56 Å². The number of nitrogens with one attached hydrogen (secondary N) is 1. The Morgan fingerprint density at radius 2 is 2.06 bits per heavy atom. The largest absolute Gasteiger partial charge is 0.367 e. The van der Waals surface area contributed by atoms with Gasteiger partial charge < -0.3 is 5.32 Å². The quantitative estimate of drug-likeness (QED) is 0.665. The Bertz CT molecular complexity index is 481. The molecule has 3 nitrogen and oxygen atoms in total. The van der Waals surface area contributed by atoms with E-state index < -0.39 is 0 Å². The summed E-state index contributed by atoms with van der Waals surface area (Å²) in [7, 11) is 0. The minimum Gasteiger partial charge on any atom is -0.367 e. The van der Waals surface area contributed by atoms with Gasteiger partial charge in [0, 0.05) is 18.7 Å². The van der Waals surface area contributed by atoms with E-state index in [4.69, 9.17) is 11.6 Å². The first kappa shape index (κ1) is 11.6. The molecule has 2 heterocycles. The summed E-state index contributed by atoms with van der Waals surface area (Å²) in [5.74, 6) is 1.20. The maximum absolute atomic E-state index is 6.04. The van der Waals surface area contributed by atoms with Crippen LogP contribution in [0.15, 0.2) is 53.9 Å². The third kappa shape index (κ3) is 2.11. The van der Waals surface area contributed by atoms with Gasteiger partial charge in [-0.2, -0.15) is 0 Å². The third-order valence-corrected chi connectivity index (χ3v) is 3.55. The van der Waals surface area contributed by atoms with Crippen LogP contribution in [0.3, 0.4) is 0 Å². The van der Waals surface area contributed by atoms with Gasteiger partial charge in [-0.3, -0.25) is 5.01 Å². The molecular weight excluding hydrogens is 246 g/mol. The summed E-state index contributed by atoms with van der Waals surface area (Å²) in [4.78, 5) is 0. The van der Waals surface area contributed by atoms with Crippen molar-refractivity contribution in [3.8, 4) is 0 Å². The molecule has 2 aliphatic heterocycles. The first-order valence-corrected chi connectivity index (χ1v) is 6.68. The maximum Gasteiger partial charge on any atom is 0.121 e. The van der Waals surface area contributed by atoms with Crippen molar-refractivity contribution in [1.82, 2.24) is 15.3 Å². The highest BCUT2D eigenvalue weighted by Crippen LogP contribution is 2.26. The zero-order valence-electron chi connectivity index (χ0n) is 10.1. The summed E-state index contributed by atoms with van der Waals surface area (Å²) in [5.41, 5.74) is 2.61. The summed E-state index contributed by atoms with van der Waals surface area (Å²) in [6.45, 7) is 2.63. The molecule has 0 radical (unpaired) electrons. The van der Waals surface area contributed by atoms with Gasteiger partial charge in [-0.25, -0.2) is 5.01 Å². The lowest BCUT2D eigenvalue weighted by Crippen LogP contribution is -2.39. The molecule has 1 N–H and O–H groups in total. The van der Waals surface area contributed by atoms with Crippen LogP contribution in [0.5, 0.6) is 0 Å². The lowest BCUT2D eigenvalue weighted by molar-refractivity contribution is 0.0456. The van der Waals surface area contributed by atoms with Crippen LogP contribution in [0, 0.1) is 0 Å². The fourth-order valence-corrected chi connectivity index (χ4v) is 2.61. The highest BCUT2D eigenvalue weighted by molar-refractivity contribution is 6.17. The minimum atomic E-state index is 0.509. The van der Waals surface area contributed by atoms with E-state index >= 15 is 0 Å². The van der Waals surface area contributed by atoms with E-state index in [-0.39, 0.29) is 0 Å². The number of hydrazine groups is 1. The molecule has 4 heteroatoms. The lowest BCUT2D eigenvalue weighted by Gasteiger charge is -2.31. The van der Waals surface area contributed by atoms with E-state index in [0.717, 1.165) is 19.6 Å². The molecule has 0 atom stereocenters. The molecule has 3 rings (SSSR count). The van der Waals surface area contributed by atoms with Crippen LogP contribution >= 0.6 is 11.6 Å². The van der Waals surface area contributed by atoms with E-state index in [1.807, 2.05) is 6.07 Å². The molecule has 0 bridgehead atoms. The second kappa shape index (κ2) is 5.04. The summed E-state index contributed by atoms with van der Waals surface area (Å²) in [6, 6.07) is 11.0. The monoisotopic (exact) mass is 261 g/mol. The molecule has 1 aromatic carbocycles. The van der Waals surface area contributed by atoms with Gasteiger partial charge in [-0.1, -0.05) is 42.5 Å². The average Bonchev–Trinajstić information content (AvgIpc) is 2.78. The Morgan fingerprint density at radius 1 is 1.22 bits per heavy atom. The molecule has 1 aromatic rings. The number of dihydropyridines is 1. The first-order valence-electron chi connectivity index (χ1n) is 6.14. The van der Waals surface area contributed by atoms with Crippen LogP contribution in [-0.4, -0.2) is 29.1 Å². The van der Waals surface area contributed by atoms with E-state index in [9.17, 15) is 0 Å². The number of nitrogens with zero attached hydrogens (tertiary/aromatic N) is 2. The van der Waals surface area contributed by atoms with Crippen molar-refractivity contribution in [3.63, 3.8) is 0 Å². The summed E-state index contributed by atoms with van der Waals surface area (Å²) in [6.07, 6.45) is 4.34. The zero-order valence-corrected chi connectivity index (χ0v) is 10.9. The fourth-order valence-electron chi connectivity index (χ4n) is 2.40. The topological polar surface area (TPSA) is 18.5 Å². The molecule has 0 fully saturated rings. The molecule has 0 saturated carbocycles. The molecule has 94 valence electrons. The van der Waals surface area contributed by atoms with Crippen molar-refractivity contribution in [2.75, 3.05) is 19.1 Å². The molecule has 0 aliphatic carbocycles. The van der Waals surface area contributed by atoms with E-state index in [1.54, 1.807) is 0 Å². The van der Waals surface area contributed by atoms with Crippen LogP contribution in [0.4, 0.5) is 0 Å². The SMILES string of the molecule is ClCN1CC2=C(NCC=C2)N1Cc1ccccc1. The first-order chi connectivity index (χ1) is 8.88. The predicted octanol–water partition coefficient (Wildman–Crippen LogP) is 2.29. The number of hydrogen-bond donors (Lipinski definition) is 1.